The molecule has 140 valence electrons. The Morgan fingerprint density at radius 1 is 1.22 bits per heavy atom. The van der Waals surface area contributed by atoms with Gasteiger partial charge < -0.3 is 9.47 Å². The number of anilines is 1. The first-order valence-electron chi connectivity index (χ1n) is 8.05. The quantitative estimate of drug-likeness (QED) is 0.639. The van der Waals surface area contributed by atoms with E-state index < -0.39 is 18.5 Å². The third-order valence-electron chi connectivity index (χ3n) is 3.79. The molecule has 2 aromatic carbocycles. The first-order valence-corrected chi connectivity index (χ1v) is 9.25. The number of fused-ring (bicyclic) bond motifs is 1. The molecule has 0 aliphatic carbocycles. The molecule has 0 saturated heterocycles. The lowest BCUT2D eigenvalue weighted by Crippen LogP contribution is -2.21. The van der Waals surface area contributed by atoms with Gasteiger partial charge in [-0.15, -0.1) is 0 Å². The Hall–Kier alpha value is -2.64. The molecule has 1 amide bonds. The van der Waals surface area contributed by atoms with Crippen LogP contribution >= 0.6 is 22.9 Å². The highest BCUT2D eigenvalue weighted by molar-refractivity contribution is 7.22. The summed E-state index contributed by atoms with van der Waals surface area (Å²) in [6.07, 6.45) is 0. The number of nitrogens with one attached hydrogen (secondary N) is 1. The number of thiazole rings is 1. The molecule has 1 aromatic heterocycles. The number of nitrogens with zero attached hydrogens (tertiary/aromatic N) is 1. The molecule has 0 aliphatic rings. The van der Waals surface area contributed by atoms with Crippen LogP contribution in [0, 0.1) is 13.8 Å². The van der Waals surface area contributed by atoms with E-state index in [0.717, 1.165) is 21.3 Å². The van der Waals surface area contributed by atoms with Gasteiger partial charge in [-0.2, -0.15) is 0 Å². The molecule has 0 unspecified atom stereocenters. The van der Waals surface area contributed by atoms with E-state index in [1.807, 2.05) is 26.0 Å². The van der Waals surface area contributed by atoms with E-state index >= 15 is 0 Å². The maximum atomic E-state index is 12.2. The van der Waals surface area contributed by atoms with Gasteiger partial charge in [0, 0.05) is 5.02 Å². The molecule has 0 saturated carbocycles. The van der Waals surface area contributed by atoms with Gasteiger partial charge in [-0.1, -0.05) is 29.0 Å². The van der Waals surface area contributed by atoms with E-state index in [4.69, 9.17) is 21.1 Å². The van der Waals surface area contributed by atoms with E-state index in [1.54, 1.807) is 12.1 Å². The summed E-state index contributed by atoms with van der Waals surface area (Å²) >= 11 is 7.27. The molecular weight excluding hydrogens is 388 g/mol. The van der Waals surface area contributed by atoms with Crippen molar-refractivity contribution in [3.05, 3.63) is 52.0 Å². The van der Waals surface area contributed by atoms with E-state index in [1.165, 1.54) is 24.5 Å². The number of hydrogen-bond donors (Lipinski definition) is 1. The van der Waals surface area contributed by atoms with Crippen molar-refractivity contribution in [2.45, 2.75) is 13.8 Å². The normalized spacial score (nSPS) is 10.7. The molecule has 0 atom stereocenters. The lowest BCUT2D eigenvalue weighted by Gasteiger charge is -2.08. The van der Waals surface area contributed by atoms with Crippen LogP contribution < -0.4 is 10.1 Å². The van der Waals surface area contributed by atoms with Crippen LogP contribution in [-0.4, -0.2) is 30.6 Å². The number of halogens is 1. The number of carbonyl (C=O) groups excluding carboxylic acids is 2. The molecule has 27 heavy (non-hydrogen) atoms. The summed E-state index contributed by atoms with van der Waals surface area (Å²) < 4.78 is 11.2. The predicted molar refractivity (Wildman–Crippen MR) is 106 cm³/mol. The van der Waals surface area contributed by atoms with E-state index in [0.29, 0.717) is 15.9 Å². The number of hydrogen-bond acceptors (Lipinski definition) is 6. The van der Waals surface area contributed by atoms with Gasteiger partial charge in [0.2, 0.25) is 0 Å². The van der Waals surface area contributed by atoms with Gasteiger partial charge in [-0.05, 0) is 49.2 Å². The van der Waals surface area contributed by atoms with Crippen LogP contribution in [0.5, 0.6) is 5.75 Å². The summed E-state index contributed by atoms with van der Waals surface area (Å²) in [5.41, 5.74) is 3.18. The standard InChI is InChI=1S/C19H17ClN2O4S/c1-10-6-11(2)17-15(7-10)27-19(22-17)21-16(23)9-26-18(24)13-8-12(20)4-5-14(13)25-3/h4-8H,9H2,1-3H3,(H,21,22,23). The second-order valence-corrected chi connectivity index (χ2v) is 7.38. The van der Waals surface area contributed by atoms with Gasteiger partial charge in [0.25, 0.3) is 5.91 Å². The number of ether oxygens (including phenoxy) is 2. The Kier molecular flexibility index (Phi) is 5.62. The molecule has 1 N–H and O–H groups in total. The van der Waals surface area contributed by atoms with Crippen molar-refractivity contribution in [1.82, 2.24) is 4.98 Å². The summed E-state index contributed by atoms with van der Waals surface area (Å²) in [5, 5.41) is 3.49. The summed E-state index contributed by atoms with van der Waals surface area (Å²) in [6, 6.07) is 8.64. The molecule has 3 aromatic rings. The van der Waals surface area contributed by atoms with Crippen LogP contribution in [0.3, 0.4) is 0 Å². The number of rotatable bonds is 5. The number of aromatic nitrogens is 1. The second-order valence-electron chi connectivity index (χ2n) is 5.92. The van der Waals surface area contributed by atoms with Gasteiger partial charge in [-0.25, -0.2) is 9.78 Å². The fourth-order valence-corrected chi connectivity index (χ4v) is 3.86. The van der Waals surface area contributed by atoms with Crippen molar-refractivity contribution in [2.75, 3.05) is 19.0 Å². The molecule has 1 heterocycles. The molecular formula is C19H17ClN2O4S. The second kappa shape index (κ2) is 7.94. The Morgan fingerprint density at radius 2 is 2.00 bits per heavy atom. The molecule has 0 spiro atoms. The van der Waals surface area contributed by atoms with Crippen molar-refractivity contribution >= 4 is 50.2 Å². The van der Waals surface area contributed by atoms with Crippen LogP contribution in [0.4, 0.5) is 5.13 Å². The minimum atomic E-state index is -0.694. The Bertz CT molecular complexity index is 1030. The maximum absolute atomic E-state index is 12.2. The summed E-state index contributed by atoms with van der Waals surface area (Å²) in [6.45, 7) is 3.54. The van der Waals surface area contributed by atoms with Crippen molar-refractivity contribution < 1.29 is 19.1 Å². The smallest absolute Gasteiger partial charge is 0.342 e. The van der Waals surface area contributed by atoms with Gasteiger partial charge in [0.1, 0.15) is 11.3 Å². The van der Waals surface area contributed by atoms with Gasteiger partial charge in [-0.3, -0.25) is 10.1 Å². The highest BCUT2D eigenvalue weighted by Gasteiger charge is 2.17. The number of methoxy groups -OCH3 is 1. The number of aryl methyl sites for hydroxylation is 2. The van der Waals surface area contributed by atoms with Crippen LogP contribution in [0.25, 0.3) is 10.2 Å². The lowest BCUT2D eigenvalue weighted by atomic mass is 10.1. The number of benzene rings is 2. The van der Waals surface area contributed by atoms with Crippen molar-refractivity contribution in [3.8, 4) is 5.75 Å². The maximum Gasteiger partial charge on any atom is 0.342 e. The molecule has 0 radical (unpaired) electrons. The fourth-order valence-electron chi connectivity index (χ4n) is 2.63. The molecule has 8 heteroatoms. The van der Waals surface area contributed by atoms with Gasteiger partial charge >= 0.3 is 5.97 Å². The largest absolute Gasteiger partial charge is 0.496 e. The zero-order valence-corrected chi connectivity index (χ0v) is 16.5. The first kappa shape index (κ1) is 19.1. The Balaban J connectivity index is 1.66. The minimum absolute atomic E-state index is 0.156. The van der Waals surface area contributed by atoms with Crippen LogP contribution in [0.2, 0.25) is 5.02 Å². The molecule has 0 aliphatic heterocycles. The molecule has 0 bridgehead atoms. The zero-order valence-electron chi connectivity index (χ0n) is 15.0. The van der Waals surface area contributed by atoms with E-state index in [-0.39, 0.29) is 5.56 Å². The van der Waals surface area contributed by atoms with Gasteiger partial charge in [0.05, 0.1) is 17.3 Å². The first-order chi connectivity index (χ1) is 12.9. The number of amides is 1. The monoisotopic (exact) mass is 404 g/mol. The fraction of sp³-hybridized carbons (Fsp3) is 0.211. The average molecular weight is 405 g/mol. The van der Waals surface area contributed by atoms with E-state index in [9.17, 15) is 9.59 Å². The Labute approximate surface area is 165 Å². The third-order valence-corrected chi connectivity index (χ3v) is 4.94. The highest BCUT2D eigenvalue weighted by atomic mass is 35.5. The lowest BCUT2D eigenvalue weighted by molar-refractivity contribution is -0.119. The summed E-state index contributed by atoms with van der Waals surface area (Å²) in [4.78, 5) is 28.7. The predicted octanol–water partition coefficient (Wildman–Crippen LogP) is 4.37. The topological polar surface area (TPSA) is 77.5 Å². The third kappa shape index (κ3) is 4.37. The van der Waals surface area contributed by atoms with Crippen molar-refractivity contribution in [1.29, 1.82) is 0 Å². The van der Waals surface area contributed by atoms with Gasteiger partial charge in [0.15, 0.2) is 11.7 Å². The zero-order chi connectivity index (χ0) is 19.6. The van der Waals surface area contributed by atoms with E-state index in [2.05, 4.69) is 10.3 Å². The SMILES string of the molecule is COc1ccc(Cl)cc1C(=O)OCC(=O)Nc1nc2c(C)cc(C)cc2s1. The summed E-state index contributed by atoms with van der Waals surface area (Å²) in [7, 11) is 1.43. The molecule has 0 fully saturated rings. The highest BCUT2D eigenvalue weighted by Crippen LogP contribution is 2.29. The van der Waals surface area contributed by atoms with Crippen molar-refractivity contribution in [3.63, 3.8) is 0 Å². The molecule has 6 nitrogen and oxygen atoms in total. The number of carbonyl (C=O) groups is 2. The van der Waals surface area contributed by atoms with Crippen LogP contribution in [0.1, 0.15) is 21.5 Å². The van der Waals surface area contributed by atoms with Crippen LogP contribution in [-0.2, 0) is 9.53 Å². The van der Waals surface area contributed by atoms with Crippen LogP contribution in [0.15, 0.2) is 30.3 Å². The average Bonchev–Trinajstić information content (AvgIpc) is 3.02. The Morgan fingerprint density at radius 3 is 2.74 bits per heavy atom. The number of esters is 1. The molecule has 3 rings (SSSR count). The van der Waals surface area contributed by atoms with Crippen molar-refractivity contribution in [2.24, 2.45) is 0 Å². The summed E-state index contributed by atoms with van der Waals surface area (Å²) in [5.74, 6) is -0.847. The minimum Gasteiger partial charge on any atom is -0.496 e.